The largest absolute Gasteiger partial charge is 0.344 e. The second-order valence-electron chi connectivity index (χ2n) is 6.22. The van der Waals surface area contributed by atoms with Crippen LogP contribution in [0.1, 0.15) is 30.9 Å². The van der Waals surface area contributed by atoms with E-state index in [1.807, 2.05) is 11.3 Å². The van der Waals surface area contributed by atoms with Crippen LogP contribution in [0, 0.1) is 6.92 Å². The number of thiazole rings is 1. The molecule has 2 aromatic heterocycles. The second-order valence-corrected chi connectivity index (χ2v) is 7.25. The number of fused-ring (bicyclic) bond motifs is 3. The van der Waals surface area contributed by atoms with Gasteiger partial charge in [-0.25, -0.2) is 4.98 Å². The smallest absolute Gasteiger partial charge is 0.227 e. The van der Waals surface area contributed by atoms with Crippen LogP contribution in [-0.4, -0.2) is 4.98 Å². The van der Waals surface area contributed by atoms with E-state index < -0.39 is 0 Å². The van der Waals surface area contributed by atoms with E-state index in [4.69, 9.17) is 0 Å². The molecule has 0 radical (unpaired) electrons. The first-order valence-electron chi connectivity index (χ1n) is 8.27. The second kappa shape index (κ2) is 5.82. The predicted molar refractivity (Wildman–Crippen MR) is 98.1 cm³/mol. The van der Waals surface area contributed by atoms with Crippen LogP contribution in [0.25, 0.3) is 26.4 Å². The summed E-state index contributed by atoms with van der Waals surface area (Å²) in [7, 11) is 0. The number of nitrogens with one attached hydrogen (secondary N) is 1. The van der Waals surface area contributed by atoms with Crippen LogP contribution in [0.15, 0.2) is 48.7 Å². The van der Waals surface area contributed by atoms with Crippen LogP contribution >= 0.6 is 11.3 Å². The number of aryl methyl sites for hydroxylation is 2. The Morgan fingerprint density at radius 2 is 1.91 bits per heavy atom. The molecule has 23 heavy (non-hydrogen) atoms. The van der Waals surface area contributed by atoms with Crippen LogP contribution in [-0.2, 0) is 6.42 Å². The zero-order chi connectivity index (χ0) is 15.8. The maximum absolute atomic E-state index is 3.56. The maximum Gasteiger partial charge on any atom is 0.344 e. The van der Waals surface area contributed by atoms with Gasteiger partial charge in [0.15, 0.2) is 11.2 Å². The normalized spacial score (nSPS) is 11.6. The van der Waals surface area contributed by atoms with Crippen molar-refractivity contribution in [3.05, 3.63) is 59.8 Å². The minimum Gasteiger partial charge on any atom is -0.227 e. The van der Waals surface area contributed by atoms with Gasteiger partial charge in [-0.15, -0.1) is 0 Å². The lowest BCUT2D eigenvalue weighted by atomic mass is 10.1. The van der Waals surface area contributed by atoms with Gasteiger partial charge in [0.1, 0.15) is 6.20 Å². The average Bonchev–Trinajstić information content (AvgIpc) is 3.10. The van der Waals surface area contributed by atoms with Crippen LogP contribution in [0.4, 0.5) is 0 Å². The molecule has 0 unspecified atom stereocenters. The molecule has 0 fully saturated rings. The fourth-order valence-electron chi connectivity index (χ4n) is 3.01. The topological polar surface area (TPSA) is 19.9 Å². The van der Waals surface area contributed by atoms with Crippen LogP contribution in [0.5, 0.6) is 0 Å². The van der Waals surface area contributed by atoms with Gasteiger partial charge in [-0.1, -0.05) is 49.2 Å². The zero-order valence-electron chi connectivity index (χ0n) is 13.6. The molecule has 0 saturated carbocycles. The van der Waals surface area contributed by atoms with Gasteiger partial charge in [-0.05, 0) is 48.8 Å². The van der Waals surface area contributed by atoms with Crippen molar-refractivity contribution in [2.45, 2.75) is 33.1 Å². The van der Waals surface area contributed by atoms with Crippen molar-refractivity contribution in [3.63, 3.8) is 0 Å². The van der Waals surface area contributed by atoms with E-state index >= 15 is 0 Å². The SMILES string of the molecule is CCCCc1ccc2c(c1)sc1[nH]c(-c3ccc(C)cc3)c[n+]12. The van der Waals surface area contributed by atoms with E-state index in [1.54, 1.807) is 0 Å². The van der Waals surface area contributed by atoms with Gasteiger partial charge in [0.25, 0.3) is 0 Å². The Hall–Kier alpha value is -2.13. The Bertz CT molecular complexity index is 961. The molecule has 0 aliphatic rings. The van der Waals surface area contributed by atoms with Crippen molar-refractivity contribution >= 4 is 26.5 Å². The molecule has 1 N–H and O–H groups in total. The van der Waals surface area contributed by atoms with E-state index in [2.05, 4.69) is 71.9 Å². The lowest BCUT2D eigenvalue weighted by Crippen LogP contribution is -2.14. The molecule has 2 nitrogen and oxygen atoms in total. The van der Waals surface area contributed by atoms with E-state index in [1.165, 1.54) is 56.8 Å². The molecular weight excluding hydrogens is 300 g/mol. The van der Waals surface area contributed by atoms with Crippen molar-refractivity contribution in [3.8, 4) is 11.3 Å². The molecule has 116 valence electrons. The Labute approximate surface area is 140 Å². The van der Waals surface area contributed by atoms with Gasteiger partial charge in [-0.3, -0.25) is 0 Å². The molecule has 0 bridgehead atoms. The van der Waals surface area contributed by atoms with Gasteiger partial charge in [0, 0.05) is 5.56 Å². The average molecular weight is 321 g/mol. The zero-order valence-corrected chi connectivity index (χ0v) is 14.4. The number of hydrogen-bond acceptors (Lipinski definition) is 1. The predicted octanol–water partition coefficient (Wildman–Crippen LogP) is 5.29. The highest BCUT2D eigenvalue weighted by molar-refractivity contribution is 7.22. The maximum atomic E-state index is 3.56. The molecule has 2 heterocycles. The molecule has 3 heteroatoms. The van der Waals surface area contributed by atoms with Gasteiger partial charge in [0.05, 0.1) is 4.70 Å². The molecule has 0 aliphatic carbocycles. The summed E-state index contributed by atoms with van der Waals surface area (Å²) in [5.41, 5.74) is 6.44. The summed E-state index contributed by atoms with van der Waals surface area (Å²) in [5, 5.41) is 0. The number of nitrogens with zero attached hydrogens (tertiary/aromatic N) is 1. The Morgan fingerprint density at radius 3 is 2.70 bits per heavy atom. The first kappa shape index (κ1) is 14.5. The lowest BCUT2D eigenvalue weighted by molar-refractivity contribution is -0.475. The van der Waals surface area contributed by atoms with Gasteiger partial charge >= 0.3 is 4.96 Å². The number of aromatic nitrogens is 2. The minimum absolute atomic E-state index is 1.17. The number of benzene rings is 2. The van der Waals surface area contributed by atoms with E-state index in [0.29, 0.717) is 0 Å². The fourth-order valence-corrected chi connectivity index (χ4v) is 4.11. The van der Waals surface area contributed by atoms with E-state index in [9.17, 15) is 0 Å². The summed E-state index contributed by atoms with van der Waals surface area (Å²) in [6.07, 6.45) is 5.90. The van der Waals surface area contributed by atoms with Crippen LogP contribution in [0.3, 0.4) is 0 Å². The molecular formula is C20H21N2S+. The monoisotopic (exact) mass is 321 g/mol. The number of unbranched alkanes of at least 4 members (excludes halogenated alkanes) is 1. The van der Waals surface area contributed by atoms with Crippen LogP contribution in [0.2, 0.25) is 0 Å². The molecule has 4 aromatic rings. The molecule has 0 amide bonds. The number of H-pyrrole nitrogens is 1. The summed E-state index contributed by atoms with van der Waals surface area (Å²) in [6.45, 7) is 4.37. The number of imidazole rings is 1. The summed E-state index contributed by atoms with van der Waals surface area (Å²) < 4.78 is 3.64. The van der Waals surface area contributed by atoms with E-state index in [0.717, 1.165) is 0 Å². The molecule has 4 rings (SSSR count). The highest BCUT2D eigenvalue weighted by Gasteiger charge is 2.17. The first-order chi connectivity index (χ1) is 11.2. The summed E-state index contributed by atoms with van der Waals surface area (Å²) in [4.78, 5) is 4.76. The van der Waals surface area contributed by atoms with Crippen molar-refractivity contribution < 1.29 is 4.40 Å². The third-order valence-electron chi connectivity index (χ3n) is 4.39. The summed E-state index contributed by atoms with van der Waals surface area (Å²) in [5.74, 6) is 0. The number of hydrogen-bond donors (Lipinski definition) is 1. The Kier molecular flexibility index (Phi) is 3.66. The number of rotatable bonds is 4. The van der Waals surface area contributed by atoms with Crippen molar-refractivity contribution in [2.24, 2.45) is 0 Å². The molecule has 0 spiro atoms. The highest BCUT2D eigenvalue weighted by atomic mass is 32.1. The van der Waals surface area contributed by atoms with Gasteiger partial charge in [-0.2, -0.15) is 4.40 Å². The van der Waals surface area contributed by atoms with Crippen LogP contribution < -0.4 is 4.40 Å². The quantitative estimate of drug-likeness (QED) is 0.493. The molecule has 0 aliphatic heterocycles. The third-order valence-corrected chi connectivity index (χ3v) is 5.43. The lowest BCUT2D eigenvalue weighted by Gasteiger charge is -1.98. The van der Waals surface area contributed by atoms with E-state index in [-0.39, 0.29) is 0 Å². The van der Waals surface area contributed by atoms with Gasteiger partial charge < -0.3 is 0 Å². The van der Waals surface area contributed by atoms with Crippen molar-refractivity contribution in [1.29, 1.82) is 0 Å². The highest BCUT2D eigenvalue weighted by Crippen LogP contribution is 2.26. The summed E-state index contributed by atoms with van der Waals surface area (Å²) in [6, 6.07) is 15.6. The summed E-state index contributed by atoms with van der Waals surface area (Å²) >= 11 is 1.84. The molecule has 2 aromatic carbocycles. The minimum atomic E-state index is 1.17. The molecule has 0 atom stereocenters. The fraction of sp³-hybridized carbons (Fsp3) is 0.250. The molecule has 0 saturated heterocycles. The number of aromatic amines is 1. The van der Waals surface area contributed by atoms with Crippen molar-refractivity contribution in [2.75, 3.05) is 0 Å². The standard InChI is InChI=1S/C20H20N2S/c1-3-4-5-15-8-11-18-19(12-15)23-20-21-17(13-22(18)20)16-9-6-14(2)7-10-16/h6-13H,3-5H2,1-2H3/p+1. The van der Waals surface area contributed by atoms with Gasteiger partial charge in [0.2, 0.25) is 0 Å². The van der Waals surface area contributed by atoms with Crippen molar-refractivity contribution in [1.82, 2.24) is 4.98 Å². The third kappa shape index (κ3) is 2.66. The first-order valence-corrected chi connectivity index (χ1v) is 9.09. The Balaban J connectivity index is 1.76. The Morgan fingerprint density at radius 1 is 1.09 bits per heavy atom.